The van der Waals surface area contributed by atoms with Crippen LogP contribution in [0.4, 0.5) is 0 Å². The van der Waals surface area contributed by atoms with Gasteiger partial charge in [0, 0.05) is 25.2 Å². The van der Waals surface area contributed by atoms with Crippen molar-refractivity contribution in [3.63, 3.8) is 0 Å². The van der Waals surface area contributed by atoms with Gasteiger partial charge < -0.3 is 18.9 Å². The molecule has 31 heavy (non-hydrogen) atoms. The standard InChI is InChI=1S/C22H25N5O4/c1-14-12-24-17(13-23-14)21-25-20(26-31-21)16-8-10-27(11-9-16)22(28)15(2)30-19-7-5-4-6-18(19)29-3/h4-7,12-13,15-16H,8-11H2,1-3H3. The Morgan fingerprint density at radius 3 is 2.58 bits per heavy atom. The van der Waals surface area contributed by atoms with E-state index in [1.807, 2.05) is 24.0 Å². The number of aryl methyl sites for hydroxylation is 1. The van der Waals surface area contributed by atoms with Crippen molar-refractivity contribution in [3.8, 4) is 23.1 Å². The van der Waals surface area contributed by atoms with Crippen LogP contribution in [0.3, 0.4) is 0 Å². The van der Waals surface area contributed by atoms with E-state index in [0.29, 0.717) is 42.0 Å². The van der Waals surface area contributed by atoms with Gasteiger partial charge in [-0.2, -0.15) is 4.98 Å². The minimum atomic E-state index is -0.607. The number of amides is 1. The van der Waals surface area contributed by atoms with Crippen LogP contribution in [-0.2, 0) is 4.79 Å². The Morgan fingerprint density at radius 2 is 1.90 bits per heavy atom. The minimum absolute atomic E-state index is 0.0481. The van der Waals surface area contributed by atoms with Gasteiger partial charge in [0.15, 0.2) is 23.4 Å². The van der Waals surface area contributed by atoms with Crippen molar-refractivity contribution in [3.05, 3.63) is 48.2 Å². The van der Waals surface area contributed by atoms with Crippen LogP contribution in [0.1, 0.15) is 37.2 Å². The minimum Gasteiger partial charge on any atom is -0.493 e. The lowest BCUT2D eigenvalue weighted by atomic mass is 9.96. The zero-order chi connectivity index (χ0) is 21.8. The Balaban J connectivity index is 1.34. The van der Waals surface area contributed by atoms with Crippen molar-refractivity contribution < 1.29 is 18.8 Å². The lowest BCUT2D eigenvalue weighted by Gasteiger charge is -2.32. The van der Waals surface area contributed by atoms with E-state index < -0.39 is 6.10 Å². The fourth-order valence-corrected chi connectivity index (χ4v) is 3.58. The van der Waals surface area contributed by atoms with Gasteiger partial charge in [0.1, 0.15) is 5.69 Å². The molecule has 0 bridgehead atoms. The summed E-state index contributed by atoms with van der Waals surface area (Å²) in [6.07, 6.45) is 4.19. The maximum Gasteiger partial charge on any atom is 0.278 e. The second kappa shape index (κ2) is 9.11. The second-order valence-electron chi connectivity index (χ2n) is 7.51. The highest BCUT2D eigenvalue weighted by Gasteiger charge is 2.30. The first kappa shape index (κ1) is 20.8. The van der Waals surface area contributed by atoms with E-state index in [9.17, 15) is 4.79 Å². The van der Waals surface area contributed by atoms with Gasteiger partial charge in [-0.25, -0.2) is 4.98 Å². The molecule has 3 heterocycles. The molecule has 0 aliphatic carbocycles. The van der Waals surface area contributed by atoms with Crippen LogP contribution in [0.25, 0.3) is 11.6 Å². The maximum atomic E-state index is 12.9. The van der Waals surface area contributed by atoms with Crippen LogP contribution < -0.4 is 9.47 Å². The van der Waals surface area contributed by atoms with E-state index in [1.165, 1.54) is 0 Å². The number of aromatic nitrogens is 4. The SMILES string of the molecule is COc1ccccc1OC(C)C(=O)N1CCC(c2noc(-c3cnc(C)cn3)n2)CC1. The number of nitrogens with zero attached hydrogens (tertiary/aromatic N) is 5. The quantitative estimate of drug-likeness (QED) is 0.596. The number of carbonyl (C=O) groups excluding carboxylic acids is 1. The normalized spacial score (nSPS) is 15.5. The molecule has 0 radical (unpaired) electrons. The molecular weight excluding hydrogens is 398 g/mol. The highest BCUT2D eigenvalue weighted by Crippen LogP contribution is 2.30. The van der Waals surface area contributed by atoms with E-state index in [1.54, 1.807) is 38.6 Å². The largest absolute Gasteiger partial charge is 0.493 e. The van der Waals surface area contributed by atoms with Crippen LogP contribution in [-0.4, -0.2) is 57.2 Å². The molecule has 0 spiro atoms. The highest BCUT2D eigenvalue weighted by atomic mass is 16.5. The molecule has 1 aliphatic rings. The van der Waals surface area contributed by atoms with Gasteiger partial charge in [0.25, 0.3) is 11.8 Å². The number of para-hydroxylation sites is 2. The second-order valence-corrected chi connectivity index (χ2v) is 7.51. The molecule has 1 atom stereocenters. The van der Waals surface area contributed by atoms with Gasteiger partial charge in [-0.05, 0) is 38.8 Å². The lowest BCUT2D eigenvalue weighted by Crippen LogP contribution is -2.44. The molecule has 9 nitrogen and oxygen atoms in total. The third-order valence-corrected chi connectivity index (χ3v) is 5.33. The summed E-state index contributed by atoms with van der Waals surface area (Å²) in [5.41, 5.74) is 1.38. The zero-order valence-corrected chi connectivity index (χ0v) is 17.8. The van der Waals surface area contributed by atoms with Crippen LogP contribution in [0, 0.1) is 6.92 Å². The maximum absolute atomic E-state index is 12.9. The van der Waals surface area contributed by atoms with Crippen LogP contribution in [0.5, 0.6) is 11.5 Å². The number of methoxy groups -OCH3 is 1. The predicted molar refractivity (Wildman–Crippen MR) is 112 cm³/mol. The van der Waals surface area contributed by atoms with Crippen molar-refractivity contribution in [2.24, 2.45) is 0 Å². The molecule has 4 rings (SSSR count). The smallest absolute Gasteiger partial charge is 0.278 e. The number of carbonyl (C=O) groups is 1. The Kier molecular flexibility index (Phi) is 6.11. The topological polar surface area (TPSA) is 103 Å². The number of ether oxygens (including phenoxy) is 2. The molecule has 1 unspecified atom stereocenters. The fraction of sp³-hybridized carbons (Fsp3) is 0.409. The van der Waals surface area contributed by atoms with Gasteiger partial charge in [-0.3, -0.25) is 9.78 Å². The first-order valence-corrected chi connectivity index (χ1v) is 10.3. The van der Waals surface area contributed by atoms with E-state index in [0.717, 1.165) is 18.5 Å². The molecule has 1 aromatic carbocycles. The Bertz CT molecular complexity index is 1030. The predicted octanol–water partition coefficient (Wildman–Crippen LogP) is 3.02. The van der Waals surface area contributed by atoms with Crippen LogP contribution in [0.2, 0.25) is 0 Å². The molecule has 0 saturated carbocycles. The summed E-state index contributed by atoms with van der Waals surface area (Å²) in [6, 6.07) is 7.31. The highest BCUT2D eigenvalue weighted by molar-refractivity contribution is 5.81. The van der Waals surface area contributed by atoms with Crippen molar-refractivity contribution in [2.75, 3.05) is 20.2 Å². The van der Waals surface area contributed by atoms with E-state index in [4.69, 9.17) is 14.0 Å². The number of benzene rings is 1. The summed E-state index contributed by atoms with van der Waals surface area (Å²) >= 11 is 0. The molecule has 162 valence electrons. The molecule has 1 fully saturated rings. The molecule has 1 amide bonds. The number of rotatable bonds is 6. The molecule has 2 aromatic heterocycles. The van der Waals surface area contributed by atoms with Crippen molar-refractivity contribution in [1.82, 2.24) is 25.0 Å². The summed E-state index contributed by atoms with van der Waals surface area (Å²) in [4.78, 5) is 27.7. The van der Waals surface area contributed by atoms with Gasteiger partial charge in [-0.1, -0.05) is 17.3 Å². The van der Waals surface area contributed by atoms with E-state index in [-0.39, 0.29) is 11.8 Å². The first-order chi connectivity index (χ1) is 15.0. The fourth-order valence-electron chi connectivity index (χ4n) is 3.58. The summed E-state index contributed by atoms with van der Waals surface area (Å²) in [7, 11) is 1.58. The van der Waals surface area contributed by atoms with Crippen LogP contribution >= 0.6 is 0 Å². The summed E-state index contributed by atoms with van der Waals surface area (Å²) < 4.78 is 16.5. The van der Waals surface area contributed by atoms with Crippen molar-refractivity contribution >= 4 is 5.91 Å². The number of piperidine rings is 1. The van der Waals surface area contributed by atoms with Crippen LogP contribution in [0.15, 0.2) is 41.2 Å². The Morgan fingerprint density at radius 1 is 1.16 bits per heavy atom. The Labute approximate surface area is 180 Å². The molecule has 3 aromatic rings. The van der Waals surface area contributed by atoms with Gasteiger partial charge in [0.05, 0.1) is 19.0 Å². The zero-order valence-electron chi connectivity index (χ0n) is 17.8. The van der Waals surface area contributed by atoms with Gasteiger partial charge >= 0.3 is 0 Å². The molecular formula is C22H25N5O4. The average molecular weight is 423 g/mol. The average Bonchev–Trinajstić information content (AvgIpc) is 3.30. The Hall–Kier alpha value is -3.49. The number of likely N-dealkylation sites (tertiary alicyclic amines) is 1. The molecule has 1 saturated heterocycles. The van der Waals surface area contributed by atoms with Crippen molar-refractivity contribution in [2.45, 2.75) is 38.7 Å². The summed E-state index contributed by atoms with van der Waals surface area (Å²) in [5.74, 6) is 2.24. The lowest BCUT2D eigenvalue weighted by molar-refractivity contribution is -0.139. The van der Waals surface area contributed by atoms with Gasteiger partial charge in [-0.15, -0.1) is 0 Å². The first-order valence-electron chi connectivity index (χ1n) is 10.3. The van der Waals surface area contributed by atoms with E-state index >= 15 is 0 Å². The monoisotopic (exact) mass is 423 g/mol. The molecule has 9 heteroatoms. The molecule has 1 aliphatic heterocycles. The van der Waals surface area contributed by atoms with Crippen molar-refractivity contribution in [1.29, 1.82) is 0 Å². The number of hydrogen-bond donors (Lipinski definition) is 0. The molecule has 0 N–H and O–H groups in total. The number of hydrogen-bond acceptors (Lipinski definition) is 8. The third kappa shape index (κ3) is 4.65. The van der Waals surface area contributed by atoms with Gasteiger partial charge in [0.2, 0.25) is 0 Å². The summed E-state index contributed by atoms with van der Waals surface area (Å²) in [6.45, 7) is 4.84. The van der Waals surface area contributed by atoms with E-state index in [2.05, 4.69) is 20.1 Å². The third-order valence-electron chi connectivity index (χ3n) is 5.33. The summed E-state index contributed by atoms with van der Waals surface area (Å²) in [5, 5.41) is 4.12.